The van der Waals surface area contributed by atoms with Crippen molar-refractivity contribution < 1.29 is 19.1 Å². The summed E-state index contributed by atoms with van der Waals surface area (Å²) in [6.07, 6.45) is 0.901. The molecule has 3 heterocycles. The van der Waals surface area contributed by atoms with Gasteiger partial charge in [-0.05, 0) is 41.5 Å². The highest BCUT2D eigenvalue weighted by Gasteiger charge is 2.26. The molecule has 2 aliphatic heterocycles. The third-order valence-corrected chi connectivity index (χ3v) is 6.13. The van der Waals surface area contributed by atoms with E-state index in [1.165, 1.54) is 11.0 Å². The van der Waals surface area contributed by atoms with Crippen LogP contribution in [0.5, 0.6) is 0 Å². The van der Waals surface area contributed by atoms with Gasteiger partial charge in [0.15, 0.2) is 0 Å². The molecule has 0 atom stereocenters. The Hall–Kier alpha value is -4.32. The van der Waals surface area contributed by atoms with Crippen molar-refractivity contribution in [1.29, 1.82) is 5.26 Å². The van der Waals surface area contributed by atoms with E-state index in [1.807, 2.05) is 27.8 Å². The van der Waals surface area contributed by atoms with Crippen molar-refractivity contribution in [2.45, 2.75) is 6.54 Å². The number of nitrogens with one attached hydrogen (secondary N) is 1. The fraction of sp³-hybridized carbons (Fsp3) is 0.208. The second-order valence-corrected chi connectivity index (χ2v) is 8.10. The first-order chi connectivity index (χ1) is 15.9. The Morgan fingerprint density at radius 1 is 1.06 bits per heavy atom. The van der Waals surface area contributed by atoms with E-state index in [9.17, 15) is 14.0 Å². The first kappa shape index (κ1) is 20.6. The van der Waals surface area contributed by atoms with Crippen LogP contribution in [0.2, 0.25) is 0 Å². The molecule has 33 heavy (non-hydrogen) atoms. The molecular weight excluding hydrogens is 425 g/mol. The zero-order valence-corrected chi connectivity index (χ0v) is 17.6. The second kappa shape index (κ2) is 7.98. The molecule has 1 aromatic heterocycles. The number of fused-ring (bicyclic) bond motifs is 2. The number of anilines is 2. The number of piperazine rings is 1. The van der Waals surface area contributed by atoms with Crippen molar-refractivity contribution in [2.75, 3.05) is 36.4 Å². The van der Waals surface area contributed by atoms with Gasteiger partial charge >= 0.3 is 6.09 Å². The number of benzene rings is 2. The molecule has 3 aromatic rings. The van der Waals surface area contributed by atoms with E-state index in [1.54, 1.807) is 24.3 Å². The Morgan fingerprint density at radius 3 is 2.45 bits per heavy atom. The van der Waals surface area contributed by atoms with Crippen LogP contribution >= 0.6 is 0 Å². The Morgan fingerprint density at radius 2 is 1.79 bits per heavy atom. The molecule has 0 saturated carbocycles. The van der Waals surface area contributed by atoms with Gasteiger partial charge in [0.2, 0.25) is 0 Å². The number of aromatic nitrogens is 1. The summed E-state index contributed by atoms with van der Waals surface area (Å²) in [4.78, 5) is 27.1. The van der Waals surface area contributed by atoms with E-state index >= 15 is 0 Å². The fourth-order valence-corrected chi connectivity index (χ4v) is 4.33. The normalized spacial score (nSPS) is 15.2. The van der Waals surface area contributed by atoms with Crippen molar-refractivity contribution in [3.8, 4) is 17.2 Å². The fourth-order valence-electron chi connectivity index (χ4n) is 4.33. The largest absolute Gasteiger partial charge is 0.465 e. The molecule has 9 heteroatoms. The van der Waals surface area contributed by atoms with Gasteiger partial charge in [-0.3, -0.25) is 4.79 Å². The molecule has 5 rings (SSSR count). The molecule has 0 radical (unpaired) electrons. The average Bonchev–Trinajstić information content (AvgIpc) is 3.19. The number of amides is 2. The highest BCUT2D eigenvalue weighted by molar-refractivity contribution is 6.05. The van der Waals surface area contributed by atoms with Gasteiger partial charge in [0.25, 0.3) is 5.91 Å². The third-order valence-electron chi connectivity index (χ3n) is 6.13. The summed E-state index contributed by atoms with van der Waals surface area (Å²) in [6, 6.07) is 14.1. The van der Waals surface area contributed by atoms with Gasteiger partial charge in [0.05, 0.1) is 17.3 Å². The maximum Gasteiger partial charge on any atom is 0.407 e. The predicted octanol–water partition coefficient (Wildman–Crippen LogP) is 3.58. The lowest BCUT2D eigenvalue weighted by atomic mass is 10.1. The monoisotopic (exact) mass is 445 g/mol. The summed E-state index contributed by atoms with van der Waals surface area (Å²) in [7, 11) is 0. The van der Waals surface area contributed by atoms with Crippen molar-refractivity contribution in [3.63, 3.8) is 0 Å². The van der Waals surface area contributed by atoms with Gasteiger partial charge in [-0.25, -0.2) is 9.18 Å². The zero-order valence-electron chi connectivity index (χ0n) is 17.6. The minimum Gasteiger partial charge on any atom is -0.465 e. The van der Waals surface area contributed by atoms with Crippen molar-refractivity contribution in [3.05, 3.63) is 71.3 Å². The van der Waals surface area contributed by atoms with E-state index in [2.05, 4.69) is 11.4 Å². The van der Waals surface area contributed by atoms with Gasteiger partial charge in [-0.15, -0.1) is 0 Å². The van der Waals surface area contributed by atoms with Crippen molar-refractivity contribution >= 4 is 23.4 Å². The predicted molar refractivity (Wildman–Crippen MR) is 120 cm³/mol. The quantitative estimate of drug-likeness (QED) is 0.628. The molecule has 8 nitrogen and oxygen atoms in total. The molecule has 1 saturated heterocycles. The first-order valence-corrected chi connectivity index (χ1v) is 10.5. The summed E-state index contributed by atoms with van der Waals surface area (Å²) in [5.41, 5.74) is 4.34. The van der Waals surface area contributed by atoms with Gasteiger partial charge in [0.1, 0.15) is 11.5 Å². The van der Waals surface area contributed by atoms with Crippen LogP contribution in [0.3, 0.4) is 0 Å². The van der Waals surface area contributed by atoms with Gasteiger partial charge in [0, 0.05) is 50.2 Å². The Bertz CT molecular complexity index is 1300. The third kappa shape index (κ3) is 3.76. The van der Waals surface area contributed by atoms with Crippen LogP contribution in [0.15, 0.2) is 48.7 Å². The number of nitrogens with zero attached hydrogens (tertiary/aromatic N) is 4. The summed E-state index contributed by atoms with van der Waals surface area (Å²) in [6.45, 7) is 1.77. The molecule has 2 aliphatic rings. The molecule has 2 amide bonds. The van der Waals surface area contributed by atoms with Crippen molar-refractivity contribution in [2.24, 2.45) is 0 Å². The van der Waals surface area contributed by atoms with Crippen LogP contribution in [0.4, 0.5) is 20.6 Å². The smallest absolute Gasteiger partial charge is 0.407 e. The molecule has 0 aliphatic carbocycles. The number of carbonyl (C=O) groups is 2. The Balaban J connectivity index is 1.45. The maximum absolute atomic E-state index is 14.9. The lowest BCUT2D eigenvalue weighted by molar-refractivity contribution is 0.102. The average molecular weight is 445 g/mol. The standard InChI is InChI=1S/C24H20FN5O3/c25-19-11-20-18(10-21(19)28-5-7-29(8-6-28)24(32)33)14-30-13-17(9-22(30)23(31)27-20)16-3-1-15(12-26)2-4-16/h1-4,9-11,13H,5-8,14H2,(H,27,31)(H,32,33). The van der Waals surface area contributed by atoms with E-state index in [-0.39, 0.29) is 5.91 Å². The number of hydrogen-bond acceptors (Lipinski definition) is 4. The highest BCUT2D eigenvalue weighted by Crippen LogP contribution is 2.33. The highest BCUT2D eigenvalue weighted by atomic mass is 19.1. The lowest BCUT2D eigenvalue weighted by Gasteiger charge is -2.35. The zero-order chi connectivity index (χ0) is 23.1. The van der Waals surface area contributed by atoms with Crippen LogP contribution < -0.4 is 10.2 Å². The summed E-state index contributed by atoms with van der Waals surface area (Å²) in [5, 5.41) is 20.9. The summed E-state index contributed by atoms with van der Waals surface area (Å²) in [5.74, 6) is -0.779. The molecular formula is C24H20FN5O3. The molecule has 166 valence electrons. The van der Waals surface area contributed by atoms with Crippen LogP contribution in [0.1, 0.15) is 21.6 Å². The van der Waals surface area contributed by atoms with Gasteiger partial charge in [-0.1, -0.05) is 12.1 Å². The summed E-state index contributed by atoms with van der Waals surface area (Å²) >= 11 is 0. The number of carboxylic acid groups (broad SMARTS) is 1. The number of carbonyl (C=O) groups excluding carboxylic acids is 1. The summed E-state index contributed by atoms with van der Waals surface area (Å²) < 4.78 is 16.8. The molecule has 0 spiro atoms. The van der Waals surface area contributed by atoms with Crippen LogP contribution in [-0.2, 0) is 6.54 Å². The minimum absolute atomic E-state index is 0.304. The topological polar surface area (TPSA) is 102 Å². The number of rotatable bonds is 2. The molecule has 0 bridgehead atoms. The SMILES string of the molecule is N#Cc1ccc(-c2cc3n(c2)Cc2cc(N4CCN(C(=O)O)CC4)c(F)cc2NC3=O)cc1. The Kier molecular flexibility index (Phi) is 4.98. The number of halogens is 1. The second-order valence-electron chi connectivity index (χ2n) is 8.10. The molecule has 0 unspecified atom stereocenters. The lowest BCUT2D eigenvalue weighted by Crippen LogP contribution is -2.48. The van der Waals surface area contributed by atoms with Gasteiger partial charge < -0.3 is 24.8 Å². The number of nitriles is 1. The van der Waals surface area contributed by atoms with E-state index in [4.69, 9.17) is 10.4 Å². The molecule has 2 N–H and O–H groups in total. The minimum atomic E-state index is -0.974. The van der Waals surface area contributed by atoms with Crippen LogP contribution in [-0.4, -0.2) is 52.8 Å². The first-order valence-electron chi connectivity index (χ1n) is 10.5. The van der Waals surface area contributed by atoms with E-state index < -0.39 is 11.9 Å². The van der Waals surface area contributed by atoms with Crippen LogP contribution in [0, 0.1) is 17.1 Å². The Labute approximate surface area is 189 Å². The van der Waals surface area contributed by atoms with Crippen molar-refractivity contribution in [1.82, 2.24) is 9.47 Å². The van der Waals surface area contributed by atoms with Crippen LogP contribution in [0.25, 0.3) is 11.1 Å². The maximum atomic E-state index is 14.9. The van der Waals surface area contributed by atoms with Gasteiger partial charge in [-0.2, -0.15) is 5.26 Å². The van der Waals surface area contributed by atoms with E-state index in [0.717, 1.165) is 16.7 Å². The molecule has 2 aromatic carbocycles. The van der Waals surface area contributed by atoms with E-state index in [0.29, 0.717) is 55.4 Å². The molecule has 1 fully saturated rings. The number of hydrogen-bond donors (Lipinski definition) is 2.